The van der Waals surface area contributed by atoms with Gasteiger partial charge in [0.1, 0.15) is 0 Å². The third-order valence-corrected chi connectivity index (χ3v) is 8.26. The molecule has 1 saturated carbocycles. The van der Waals surface area contributed by atoms with E-state index in [2.05, 4.69) is 6.92 Å². The molecule has 2 aliphatic rings. The number of carbonyl (C=O) groups excluding carboxylic acids is 2. The molecular formula is C30H50O5. The molecule has 0 bridgehead atoms. The van der Waals surface area contributed by atoms with Crippen LogP contribution in [0.1, 0.15) is 142 Å². The van der Waals surface area contributed by atoms with Gasteiger partial charge >= 0.3 is 17.9 Å². The van der Waals surface area contributed by atoms with E-state index in [1.165, 1.54) is 89.9 Å². The molecule has 1 saturated heterocycles. The van der Waals surface area contributed by atoms with Crippen LogP contribution in [0.3, 0.4) is 0 Å². The van der Waals surface area contributed by atoms with Gasteiger partial charge in [-0.1, -0.05) is 116 Å². The van der Waals surface area contributed by atoms with E-state index in [4.69, 9.17) is 4.74 Å². The number of hydrogen-bond acceptors (Lipinski definition) is 4. The Morgan fingerprint density at radius 1 is 0.829 bits per heavy atom. The summed E-state index contributed by atoms with van der Waals surface area (Å²) in [5.41, 5.74) is 0.0150. The summed E-state index contributed by atoms with van der Waals surface area (Å²) in [4.78, 5) is 35.6. The number of allylic oxidation sites excluding steroid dienone is 1. The van der Waals surface area contributed by atoms with Crippen LogP contribution in [0.5, 0.6) is 0 Å². The summed E-state index contributed by atoms with van der Waals surface area (Å²) < 4.78 is 4.87. The van der Waals surface area contributed by atoms with Gasteiger partial charge in [-0.15, -0.1) is 0 Å². The fraction of sp³-hybridized carbons (Fsp3) is 0.833. The molecule has 2 rings (SSSR count). The number of carboxylic acids is 1. The Balaban J connectivity index is 1.59. The fourth-order valence-electron chi connectivity index (χ4n) is 6.08. The van der Waals surface area contributed by atoms with Crippen molar-refractivity contribution in [3.05, 3.63) is 11.6 Å². The molecule has 1 aliphatic heterocycles. The minimum atomic E-state index is -0.913. The molecule has 35 heavy (non-hydrogen) atoms. The molecule has 0 amide bonds. The van der Waals surface area contributed by atoms with Gasteiger partial charge in [-0.2, -0.15) is 0 Å². The summed E-state index contributed by atoms with van der Waals surface area (Å²) in [5, 5.41) is 9.41. The van der Waals surface area contributed by atoms with E-state index in [0.29, 0.717) is 18.4 Å². The number of cyclic esters (lactones) is 2. The summed E-state index contributed by atoms with van der Waals surface area (Å²) in [6.07, 6.45) is 25.8. The monoisotopic (exact) mass is 490 g/mol. The second kappa shape index (κ2) is 16.2. The van der Waals surface area contributed by atoms with Gasteiger partial charge in [0.25, 0.3) is 0 Å². The lowest BCUT2D eigenvalue weighted by Gasteiger charge is -2.39. The van der Waals surface area contributed by atoms with Crippen molar-refractivity contribution < 1.29 is 24.2 Å². The molecule has 0 aromatic heterocycles. The average molecular weight is 491 g/mol. The van der Waals surface area contributed by atoms with Gasteiger partial charge in [-0.3, -0.25) is 9.59 Å². The summed E-state index contributed by atoms with van der Waals surface area (Å²) in [6, 6.07) is 0. The van der Waals surface area contributed by atoms with E-state index < -0.39 is 23.8 Å². The van der Waals surface area contributed by atoms with E-state index in [1.807, 2.05) is 6.08 Å². The molecule has 5 heteroatoms. The first-order valence-electron chi connectivity index (χ1n) is 14.6. The number of hydrogen-bond donors (Lipinski definition) is 1. The third kappa shape index (κ3) is 10.5. The Kier molecular flexibility index (Phi) is 13.7. The molecule has 1 aliphatic carbocycles. The molecule has 0 aromatic carbocycles. The van der Waals surface area contributed by atoms with Gasteiger partial charge in [0.15, 0.2) is 0 Å². The maximum absolute atomic E-state index is 12.2. The molecule has 2 fully saturated rings. The fourth-order valence-corrected chi connectivity index (χ4v) is 6.08. The first-order chi connectivity index (χ1) is 16.9. The molecule has 0 aromatic rings. The number of carbonyl (C=O) groups is 3. The van der Waals surface area contributed by atoms with E-state index in [1.54, 1.807) is 6.92 Å². The van der Waals surface area contributed by atoms with Crippen molar-refractivity contribution >= 4 is 17.9 Å². The molecule has 1 N–H and O–H groups in total. The lowest BCUT2D eigenvalue weighted by molar-refractivity contribution is -0.153. The van der Waals surface area contributed by atoms with E-state index in [0.717, 1.165) is 25.7 Å². The number of aliphatic carboxylic acids is 1. The predicted octanol–water partition coefficient (Wildman–Crippen LogP) is 8.16. The number of carboxylic acid groups (broad SMARTS) is 1. The van der Waals surface area contributed by atoms with Crippen molar-refractivity contribution in [2.24, 2.45) is 17.3 Å². The average Bonchev–Trinajstić information content (AvgIpc) is 3.11. The topological polar surface area (TPSA) is 80.7 Å². The van der Waals surface area contributed by atoms with E-state index >= 15 is 0 Å². The second-order valence-electron chi connectivity index (χ2n) is 11.2. The molecule has 1 heterocycles. The zero-order valence-electron chi connectivity index (χ0n) is 22.5. The highest BCUT2D eigenvalue weighted by atomic mass is 16.6. The van der Waals surface area contributed by atoms with Gasteiger partial charge < -0.3 is 9.84 Å². The van der Waals surface area contributed by atoms with Gasteiger partial charge in [0.05, 0.1) is 11.8 Å². The van der Waals surface area contributed by atoms with Crippen molar-refractivity contribution in [1.82, 2.24) is 0 Å². The highest BCUT2D eigenvalue weighted by Crippen LogP contribution is 2.50. The minimum absolute atomic E-state index is 0.316. The van der Waals surface area contributed by atoms with Crippen LogP contribution in [-0.2, 0) is 19.1 Å². The Morgan fingerprint density at radius 3 is 1.77 bits per heavy atom. The standard InChI is InChI=1S/C30H50O5/c1-3-4-5-6-7-8-9-10-11-12-13-14-15-16-17-18-20-30(22-24(2)27(31)32)21-19-25-26(23-30)29(34)35-28(25)33/h22,25-26H,3-21,23H2,1-2H3,(H,31,32). The minimum Gasteiger partial charge on any atom is -0.478 e. The Hall–Kier alpha value is -1.65. The molecule has 200 valence electrons. The van der Waals surface area contributed by atoms with Gasteiger partial charge in [-0.25, -0.2) is 4.79 Å². The van der Waals surface area contributed by atoms with Crippen LogP contribution in [0.15, 0.2) is 11.6 Å². The maximum atomic E-state index is 12.2. The van der Waals surface area contributed by atoms with E-state index in [9.17, 15) is 19.5 Å². The number of unbranched alkanes of at least 4 members (excludes halogenated alkanes) is 15. The van der Waals surface area contributed by atoms with Gasteiger partial charge in [-0.05, 0) is 38.0 Å². The number of fused-ring (bicyclic) bond motifs is 1. The highest BCUT2D eigenvalue weighted by molar-refractivity contribution is 5.96. The molecule has 5 nitrogen and oxygen atoms in total. The normalized spacial score (nSPS) is 24.5. The number of esters is 2. The Morgan fingerprint density at radius 2 is 1.29 bits per heavy atom. The van der Waals surface area contributed by atoms with E-state index in [-0.39, 0.29) is 11.3 Å². The third-order valence-electron chi connectivity index (χ3n) is 8.26. The van der Waals surface area contributed by atoms with Crippen molar-refractivity contribution in [2.75, 3.05) is 0 Å². The van der Waals surface area contributed by atoms with Crippen LogP contribution in [0.4, 0.5) is 0 Å². The van der Waals surface area contributed by atoms with Crippen LogP contribution < -0.4 is 0 Å². The van der Waals surface area contributed by atoms with Crippen molar-refractivity contribution in [3.8, 4) is 0 Å². The van der Waals surface area contributed by atoms with Gasteiger partial charge in [0.2, 0.25) is 0 Å². The number of ether oxygens (including phenoxy) is 1. The Bertz CT molecular complexity index is 697. The molecule has 0 spiro atoms. The van der Waals surface area contributed by atoms with Crippen molar-refractivity contribution in [2.45, 2.75) is 142 Å². The lowest BCUT2D eigenvalue weighted by Crippen LogP contribution is -2.34. The van der Waals surface area contributed by atoms with Crippen LogP contribution in [0.2, 0.25) is 0 Å². The Labute approximate surface area is 213 Å². The molecular weight excluding hydrogens is 440 g/mol. The zero-order chi connectivity index (χ0) is 25.5. The molecule has 0 radical (unpaired) electrons. The van der Waals surface area contributed by atoms with Crippen LogP contribution in [0, 0.1) is 17.3 Å². The smallest absolute Gasteiger partial charge is 0.330 e. The summed E-state index contributed by atoms with van der Waals surface area (Å²) in [5.74, 6) is -2.47. The van der Waals surface area contributed by atoms with Crippen molar-refractivity contribution in [1.29, 1.82) is 0 Å². The highest BCUT2D eigenvalue weighted by Gasteiger charge is 2.51. The van der Waals surface area contributed by atoms with Gasteiger partial charge in [0, 0.05) is 5.57 Å². The first kappa shape index (κ1) is 29.6. The van der Waals surface area contributed by atoms with Crippen LogP contribution in [0.25, 0.3) is 0 Å². The summed E-state index contributed by atoms with van der Waals surface area (Å²) in [6.45, 7) is 3.90. The lowest BCUT2D eigenvalue weighted by atomic mass is 9.63. The van der Waals surface area contributed by atoms with Crippen LogP contribution in [-0.4, -0.2) is 23.0 Å². The first-order valence-corrected chi connectivity index (χ1v) is 14.6. The molecule has 3 unspecified atom stereocenters. The summed E-state index contributed by atoms with van der Waals surface area (Å²) >= 11 is 0. The van der Waals surface area contributed by atoms with Crippen LogP contribution >= 0.6 is 0 Å². The zero-order valence-corrected chi connectivity index (χ0v) is 22.5. The quantitative estimate of drug-likeness (QED) is 0.0855. The van der Waals surface area contributed by atoms with Crippen molar-refractivity contribution in [3.63, 3.8) is 0 Å². The molecule has 3 atom stereocenters. The predicted molar refractivity (Wildman–Crippen MR) is 140 cm³/mol. The SMILES string of the molecule is CCCCCCCCCCCCCCCCCCC1(C=C(C)C(=O)O)CCC2C(=O)OC(=O)C2C1. The summed E-state index contributed by atoms with van der Waals surface area (Å²) in [7, 11) is 0. The number of rotatable bonds is 19. The second-order valence-corrected chi connectivity index (χ2v) is 11.2. The maximum Gasteiger partial charge on any atom is 0.330 e. The largest absolute Gasteiger partial charge is 0.478 e.